The molecule has 0 atom stereocenters. The van der Waals surface area contributed by atoms with Crippen molar-refractivity contribution in [1.82, 2.24) is 9.97 Å². The van der Waals surface area contributed by atoms with Gasteiger partial charge in [0.05, 0.1) is 0 Å². The zero-order chi connectivity index (χ0) is 33.6. The van der Waals surface area contributed by atoms with Crippen molar-refractivity contribution in [3.8, 4) is 34.7 Å². The summed E-state index contributed by atoms with van der Waals surface area (Å²) < 4.78 is 0. The van der Waals surface area contributed by atoms with Gasteiger partial charge in [0.15, 0.2) is 11.4 Å². The van der Waals surface area contributed by atoms with E-state index >= 15 is 0 Å². The number of nitrogens with zero attached hydrogens (tertiary/aromatic N) is 6. The van der Waals surface area contributed by atoms with Gasteiger partial charge in [-0.05, 0) is 90.1 Å². The third kappa shape index (κ3) is 4.86. The minimum atomic E-state index is 0.177. The second-order valence-electron chi connectivity index (χ2n) is 12.8. The summed E-state index contributed by atoms with van der Waals surface area (Å²) in [6.45, 7) is 0. The molecule has 0 bridgehead atoms. The molecule has 0 saturated heterocycles. The maximum absolute atomic E-state index is 10.2. The van der Waals surface area contributed by atoms with Crippen LogP contribution in [0.15, 0.2) is 145 Å². The van der Waals surface area contributed by atoms with Crippen LogP contribution in [0.2, 0.25) is 0 Å². The average molecular weight is 643 g/mol. The highest BCUT2D eigenvalue weighted by molar-refractivity contribution is 5.85. The van der Waals surface area contributed by atoms with E-state index in [-0.39, 0.29) is 11.4 Å². The molecule has 50 heavy (non-hydrogen) atoms. The maximum Gasteiger partial charge on any atom is 0.167 e. The Morgan fingerprint density at radius 3 is 1.50 bits per heavy atom. The van der Waals surface area contributed by atoms with E-state index in [1.54, 1.807) is 0 Å². The van der Waals surface area contributed by atoms with Crippen LogP contribution in [-0.4, -0.2) is 9.97 Å². The first-order valence-electron chi connectivity index (χ1n) is 16.9. The van der Waals surface area contributed by atoms with Crippen molar-refractivity contribution >= 4 is 28.4 Å². The molecule has 0 spiro atoms. The van der Waals surface area contributed by atoms with Crippen molar-refractivity contribution in [2.75, 3.05) is 9.80 Å². The second kappa shape index (κ2) is 12.0. The molecule has 6 heteroatoms. The molecule has 0 unspecified atom stereocenters. The van der Waals surface area contributed by atoms with Gasteiger partial charge in [0.2, 0.25) is 0 Å². The average Bonchev–Trinajstić information content (AvgIpc) is 3.18. The Morgan fingerprint density at radius 1 is 0.520 bits per heavy atom. The molecule has 9 rings (SSSR count). The zero-order valence-corrected chi connectivity index (χ0v) is 27.2. The number of hydrogen-bond donors (Lipinski definition) is 0. The predicted molar refractivity (Wildman–Crippen MR) is 198 cm³/mol. The summed E-state index contributed by atoms with van der Waals surface area (Å²) in [5.41, 5.74) is 14.6. The summed E-state index contributed by atoms with van der Waals surface area (Å²) in [4.78, 5) is 14.1. The number of nitriles is 2. The number of aromatic nitrogens is 2. The Hall–Kier alpha value is -6.76. The molecule has 2 aliphatic heterocycles. The number of benzene rings is 5. The molecule has 0 N–H and O–H groups in total. The summed E-state index contributed by atoms with van der Waals surface area (Å²) in [5.74, 6) is 0. The van der Waals surface area contributed by atoms with Crippen LogP contribution < -0.4 is 9.80 Å². The van der Waals surface area contributed by atoms with Gasteiger partial charge in [-0.3, -0.25) is 0 Å². The van der Waals surface area contributed by atoms with Crippen LogP contribution in [0.3, 0.4) is 0 Å². The van der Waals surface area contributed by atoms with Crippen LogP contribution >= 0.6 is 0 Å². The standard InChI is InChI=1S/C44H30N6/c45-27-37-43(29-17-21-35(22-18-29)49-39-13-5-1-9-31(39)25-32-10-2-6-14-40(32)49)47-38(28-46)44(48-37)30-19-23-36(24-20-30)50-41-15-7-3-11-33(41)26-34-12-4-8-16-42(34)50/h1-3,5-11,13-24H,4,12,25-26H2. The minimum absolute atomic E-state index is 0.177. The second-order valence-corrected chi connectivity index (χ2v) is 12.8. The first-order chi connectivity index (χ1) is 24.7. The molecule has 5 aromatic carbocycles. The van der Waals surface area contributed by atoms with Gasteiger partial charge < -0.3 is 9.80 Å². The SMILES string of the molecule is N#Cc1nc(-c2ccc(N3c4ccccc4Cc4ccccc43)cc2)c(C#N)nc1-c1ccc(N2C3=C(CCC=C3)Cc3ccccc32)cc1. The molecule has 0 fully saturated rings. The number of para-hydroxylation sites is 3. The van der Waals surface area contributed by atoms with E-state index in [0.717, 1.165) is 59.6 Å². The summed E-state index contributed by atoms with van der Waals surface area (Å²) in [5, 5.41) is 20.5. The predicted octanol–water partition coefficient (Wildman–Crippen LogP) is 10.2. The van der Waals surface area contributed by atoms with Crippen molar-refractivity contribution in [2.24, 2.45) is 0 Å². The maximum atomic E-state index is 10.2. The lowest BCUT2D eigenvalue weighted by Gasteiger charge is -2.36. The lowest BCUT2D eigenvalue weighted by molar-refractivity contribution is 0.857. The van der Waals surface area contributed by atoms with E-state index in [1.165, 1.54) is 33.6 Å². The summed E-state index contributed by atoms with van der Waals surface area (Å²) in [7, 11) is 0. The molecular weight excluding hydrogens is 613 g/mol. The fraction of sp³-hybridized carbons (Fsp3) is 0.0909. The van der Waals surface area contributed by atoms with Crippen molar-refractivity contribution in [1.29, 1.82) is 10.5 Å². The van der Waals surface area contributed by atoms with Gasteiger partial charge in [-0.2, -0.15) is 10.5 Å². The fourth-order valence-electron chi connectivity index (χ4n) is 7.53. The molecule has 0 saturated carbocycles. The molecule has 236 valence electrons. The van der Waals surface area contributed by atoms with Crippen LogP contribution in [0.5, 0.6) is 0 Å². The number of rotatable bonds is 4. The molecule has 6 nitrogen and oxygen atoms in total. The van der Waals surface area contributed by atoms with E-state index in [4.69, 9.17) is 9.97 Å². The van der Waals surface area contributed by atoms with E-state index in [9.17, 15) is 10.5 Å². The normalized spacial score (nSPS) is 14.2. The Labute approximate surface area is 291 Å². The highest BCUT2D eigenvalue weighted by Gasteiger charge is 2.27. The summed E-state index contributed by atoms with van der Waals surface area (Å²) >= 11 is 0. The smallest absolute Gasteiger partial charge is 0.167 e. The van der Waals surface area contributed by atoms with Crippen molar-refractivity contribution in [3.05, 3.63) is 173 Å². The lowest BCUT2D eigenvalue weighted by atomic mass is 9.89. The van der Waals surface area contributed by atoms with Gasteiger partial charge >= 0.3 is 0 Å². The fourth-order valence-corrected chi connectivity index (χ4v) is 7.53. The van der Waals surface area contributed by atoms with Gasteiger partial charge in [0.1, 0.15) is 23.5 Å². The third-order valence-corrected chi connectivity index (χ3v) is 9.88. The molecule has 0 radical (unpaired) electrons. The first-order valence-corrected chi connectivity index (χ1v) is 16.9. The monoisotopic (exact) mass is 642 g/mol. The van der Waals surface area contributed by atoms with Gasteiger partial charge in [-0.25, -0.2) is 9.97 Å². The lowest BCUT2D eigenvalue weighted by Crippen LogP contribution is -2.24. The van der Waals surface area contributed by atoms with Crippen LogP contribution in [0.1, 0.15) is 40.9 Å². The number of allylic oxidation sites excluding steroid dienone is 3. The van der Waals surface area contributed by atoms with Crippen molar-refractivity contribution in [3.63, 3.8) is 0 Å². The summed E-state index contributed by atoms with van der Waals surface area (Å²) in [6.07, 6.45) is 8.45. The minimum Gasteiger partial charge on any atom is -0.310 e. The van der Waals surface area contributed by atoms with E-state index in [0.29, 0.717) is 11.4 Å². The van der Waals surface area contributed by atoms with Gasteiger partial charge in [0, 0.05) is 51.7 Å². The van der Waals surface area contributed by atoms with E-state index in [1.807, 2.05) is 36.4 Å². The van der Waals surface area contributed by atoms with Gasteiger partial charge in [-0.15, -0.1) is 0 Å². The van der Waals surface area contributed by atoms with Crippen LogP contribution in [0.25, 0.3) is 22.5 Å². The molecule has 3 aliphatic rings. The Balaban J connectivity index is 1.06. The number of hydrogen-bond acceptors (Lipinski definition) is 6. The number of anilines is 5. The molecule has 0 amide bonds. The molecule has 1 aromatic heterocycles. The van der Waals surface area contributed by atoms with Crippen LogP contribution in [0, 0.1) is 22.7 Å². The van der Waals surface area contributed by atoms with Gasteiger partial charge in [-0.1, -0.05) is 84.9 Å². The van der Waals surface area contributed by atoms with Gasteiger partial charge in [0.25, 0.3) is 0 Å². The third-order valence-electron chi connectivity index (χ3n) is 9.88. The largest absolute Gasteiger partial charge is 0.310 e. The van der Waals surface area contributed by atoms with E-state index < -0.39 is 0 Å². The first kappa shape index (κ1) is 29.4. The molecule has 1 aliphatic carbocycles. The number of fused-ring (bicyclic) bond motifs is 3. The molecule has 6 aromatic rings. The Morgan fingerprint density at radius 2 is 0.980 bits per heavy atom. The Kier molecular flexibility index (Phi) is 7.08. The van der Waals surface area contributed by atoms with E-state index in [2.05, 4.69) is 119 Å². The zero-order valence-electron chi connectivity index (χ0n) is 27.2. The summed E-state index contributed by atoms with van der Waals surface area (Å²) in [6, 6.07) is 46.0. The van der Waals surface area contributed by atoms with Crippen LogP contribution in [0.4, 0.5) is 28.4 Å². The van der Waals surface area contributed by atoms with Crippen molar-refractivity contribution < 1.29 is 0 Å². The quantitative estimate of drug-likeness (QED) is 0.190. The van der Waals surface area contributed by atoms with Crippen molar-refractivity contribution in [2.45, 2.75) is 25.7 Å². The molecular formula is C44H30N6. The topological polar surface area (TPSA) is 79.8 Å². The molecule has 3 heterocycles. The van der Waals surface area contributed by atoms with Crippen LogP contribution in [-0.2, 0) is 12.8 Å². The Bertz CT molecular complexity index is 2410. The highest BCUT2D eigenvalue weighted by Crippen LogP contribution is 2.45. The highest BCUT2D eigenvalue weighted by atomic mass is 15.2.